The molecule has 0 saturated heterocycles. The number of ether oxygens (including phenoxy) is 2. The summed E-state index contributed by atoms with van der Waals surface area (Å²) in [6.07, 6.45) is 1.97. The van der Waals surface area contributed by atoms with Gasteiger partial charge in [-0.25, -0.2) is 0 Å². The summed E-state index contributed by atoms with van der Waals surface area (Å²) in [7, 11) is 0. The predicted molar refractivity (Wildman–Crippen MR) is 81.3 cm³/mol. The molecule has 3 rings (SSSR count). The number of fused-ring (bicyclic) bond motifs is 1. The van der Waals surface area contributed by atoms with Gasteiger partial charge < -0.3 is 9.47 Å². The highest BCUT2D eigenvalue weighted by molar-refractivity contribution is 6.11. The van der Waals surface area contributed by atoms with Crippen molar-refractivity contribution in [1.82, 2.24) is 0 Å². The normalized spacial score (nSPS) is 13.2. The van der Waals surface area contributed by atoms with Gasteiger partial charge in [-0.2, -0.15) is 0 Å². The Hall–Kier alpha value is -2.29. The maximum Gasteiger partial charge on any atom is 0.196 e. The Labute approximate surface area is 124 Å². The third kappa shape index (κ3) is 2.77. The lowest BCUT2D eigenvalue weighted by Gasteiger charge is -2.19. The Morgan fingerprint density at radius 2 is 2.10 bits per heavy atom. The maximum atomic E-state index is 12.7. The number of rotatable bonds is 4. The average Bonchev–Trinajstić information content (AvgIpc) is 2.54. The molecular formula is C18H18O3. The zero-order valence-electron chi connectivity index (χ0n) is 12.1. The fraction of sp³-hybridized carbons (Fsp3) is 0.278. The predicted octanol–water partition coefficient (Wildman–Crippen LogP) is 3.64. The third-order valence-corrected chi connectivity index (χ3v) is 3.59. The summed E-state index contributed by atoms with van der Waals surface area (Å²) in [6.45, 7) is 3.19. The van der Waals surface area contributed by atoms with Crippen LogP contribution in [-0.4, -0.2) is 19.0 Å². The van der Waals surface area contributed by atoms with E-state index < -0.39 is 0 Å². The highest BCUT2D eigenvalue weighted by Crippen LogP contribution is 2.31. The molecule has 0 amide bonds. The molecule has 2 aromatic carbocycles. The van der Waals surface area contributed by atoms with Gasteiger partial charge in [-0.05, 0) is 43.5 Å². The van der Waals surface area contributed by atoms with Crippen molar-refractivity contribution < 1.29 is 14.3 Å². The quantitative estimate of drug-likeness (QED) is 0.803. The number of carbonyl (C=O) groups excluding carboxylic acids is 1. The Kier molecular flexibility index (Phi) is 3.91. The SMILES string of the molecule is CCOc1cccc(C(=O)c2cccc3c2OCCC3)c1. The van der Waals surface area contributed by atoms with Gasteiger partial charge in [-0.1, -0.05) is 24.3 Å². The molecular weight excluding hydrogens is 264 g/mol. The monoisotopic (exact) mass is 282 g/mol. The number of ketones is 1. The molecule has 1 heterocycles. The van der Waals surface area contributed by atoms with E-state index in [9.17, 15) is 4.79 Å². The molecule has 3 nitrogen and oxygen atoms in total. The summed E-state index contributed by atoms with van der Waals surface area (Å²) in [5.74, 6) is 1.44. The van der Waals surface area contributed by atoms with Gasteiger partial charge in [0.2, 0.25) is 0 Å². The molecule has 21 heavy (non-hydrogen) atoms. The van der Waals surface area contributed by atoms with Crippen LogP contribution in [0.5, 0.6) is 11.5 Å². The minimum absolute atomic E-state index is 0.0182. The van der Waals surface area contributed by atoms with Crippen LogP contribution < -0.4 is 9.47 Å². The first-order valence-corrected chi connectivity index (χ1v) is 7.32. The molecule has 0 saturated carbocycles. The number of hydrogen-bond donors (Lipinski definition) is 0. The number of carbonyl (C=O) groups is 1. The van der Waals surface area contributed by atoms with Gasteiger partial charge in [0.25, 0.3) is 0 Å². The van der Waals surface area contributed by atoms with E-state index in [1.165, 1.54) is 0 Å². The highest BCUT2D eigenvalue weighted by Gasteiger charge is 2.20. The minimum atomic E-state index is -0.0182. The Bertz CT molecular complexity index is 661. The van der Waals surface area contributed by atoms with Crippen LogP contribution in [0.2, 0.25) is 0 Å². The van der Waals surface area contributed by atoms with E-state index in [1.54, 1.807) is 6.07 Å². The van der Waals surface area contributed by atoms with Crippen LogP contribution in [0.25, 0.3) is 0 Å². The van der Waals surface area contributed by atoms with Crippen LogP contribution in [-0.2, 0) is 6.42 Å². The largest absolute Gasteiger partial charge is 0.494 e. The molecule has 0 aliphatic carbocycles. The number of aryl methyl sites for hydroxylation is 1. The second-order valence-electron chi connectivity index (χ2n) is 5.04. The van der Waals surface area contributed by atoms with Crippen molar-refractivity contribution in [1.29, 1.82) is 0 Å². The molecule has 0 fully saturated rings. The third-order valence-electron chi connectivity index (χ3n) is 3.59. The molecule has 0 unspecified atom stereocenters. The molecule has 108 valence electrons. The van der Waals surface area contributed by atoms with E-state index in [4.69, 9.17) is 9.47 Å². The topological polar surface area (TPSA) is 35.5 Å². The van der Waals surface area contributed by atoms with Crippen molar-refractivity contribution in [2.75, 3.05) is 13.2 Å². The first kappa shape index (κ1) is 13.7. The first-order valence-electron chi connectivity index (χ1n) is 7.32. The van der Waals surface area contributed by atoms with Crippen LogP contribution in [0.3, 0.4) is 0 Å². The Morgan fingerprint density at radius 1 is 1.24 bits per heavy atom. The van der Waals surface area contributed by atoms with Crippen molar-refractivity contribution in [2.24, 2.45) is 0 Å². The molecule has 0 atom stereocenters. The molecule has 1 aliphatic rings. The second kappa shape index (κ2) is 6.00. The van der Waals surface area contributed by atoms with Crippen LogP contribution in [0.15, 0.2) is 42.5 Å². The van der Waals surface area contributed by atoms with Gasteiger partial charge >= 0.3 is 0 Å². The second-order valence-corrected chi connectivity index (χ2v) is 5.04. The van der Waals surface area contributed by atoms with Crippen LogP contribution in [0, 0.1) is 0 Å². The van der Waals surface area contributed by atoms with E-state index in [0.29, 0.717) is 30.1 Å². The van der Waals surface area contributed by atoms with E-state index in [2.05, 4.69) is 0 Å². The van der Waals surface area contributed by atoms with E-state index in [0.717, 1.165) is 24.2 Å². The smallest absolute Gasteiger partial charge is 0.196 e. The van der Waals surface area contributed by atoms with Gasteiger partial charge in [-0.15, -0.1) is 0 Å². The lowest BCUT2D eigenvalue weighted by atomic mass is 9.97. The van der Waals surface area contributed by atoms with Crippen molar-refractivity contribution in [2.45, 2.75) is 19.8 Å². The van der Waals surface area contributed by atoms with Crippen LogP contribution in [0.1, 0.15) is 34.8 Å². The molecule has 0 aromatic heterocycles. The Balaban J connectivity index is 1.97. The zero-order valence-corrected chi connectivity index (χ0v) is 12.1. The molecule has 2 aromatic rings. The van der Waals surface area contributed by atoms with E-state index >= 15 is 0 Å². The van der Waals surface area contributed by atoms with Gasteiger partial charge in [0.1, 0.15) is 11.5 Å². The van der Waals surface area contributed by atoms with Gasteiger partial charge in [-0.3, -0.25) is 4.79 Å². The van der Waals surface area contributed by atoms with Crippen molar-refractivity contribution in [3.8, 4) is 11.5 Å². The summed E-state index contributed by atoms with van der Waals surface area (Å²) in [5, 5.41) is 0. The number of para-hydroxylation sites is 1. The standard InChI is InChI=1S/C18H18O3/c1-2-20-15-9-3-7-14(12-15)17(19)16-10-4-6-13-8-5-11-21-18(13)16/h3-4,6-7,9-10,12H,2,5,8,11H2,1H3. The number of benzene rings is 2. The summed E-state index contributed by atoms with van der Waals surface area (Å²) in [4.78, 5) is 12.7. The maximum absolute atomic E-state index is 12.7. The molecule has 3 heteroatoms. The first-order chi connectivity index (χ1) is 10.3. The molecule has 0 N–H and O–H groups in total. The Morgan fingerprint density at radius 3 is 2.95 bits per heavy atom. The average molecular weight is 282 g/mol. The van der Waals surface area contributed by atoms with Crippen molar-refractivity contribution in [3.05, 3.63) is 59.2 Å². The fourth-order valence-electron chi connectivity index (χ4n) is 2.62. The molecule has 1 aliphatic heterocycles. The summed E-state index contributed by atoms with van der Waals surface area (Å²) < 4.78 is 11.2. The van der Waals surface area contributed by atoms with E-state index in [-0.39, 0.29) is 5.78 Å². The van der Waals surface area contributed by atoms with Crippen molar-refractivity contribution in [3.63, 3.8) is 0 Å². The van der Waals surface area contributed by atoms with Gasteiger partial charge in [0.05, 0.1) is 18.8 Å². The highest BCUT2D eigenvalue weighted by atomic mass is 16.5. The summed E-state index contributed by atoms with van der Waals surface area (Å²) >= 11 is 0. The molecule has 0 radical (unpaired) electrons. The molecule has 0 spiro atoms. The fourth-order valence-corrected chi connectivity index (χ4v) is 2.62. The summed E-state index contributed by atoms with van der Waals surface area (Å²) in [5.41, 5.74) is 2.39. The van der Waals surface area contributed by atoms with Crippen LogP contribution >= 0.6 is 0 Å². The zero-order chi connectivity index (χ0) is 14.7. The lowest BCUT2D eigenvalue weighted by Crippen LogP contribution is -2.13. The lowest BCUT2D eigenvalue weighted by molar-refractivity contribution is 0.103. The molecule has 0 bridgehead atoms. The minimum Gasteiger partial charge on any atom is -0.494 e. The van der Waals surface area contributed by atoms with Gasteiger partial charge in [0.15, 0.2) is 5.78 Å². The van der Waals surface area contributed by atoms with Gasteiger partial charge in [0, 0.05) is 5.56 Å². The van der Waals surface area contributed by atoms with Crippen molar-refractivity contribution >= 4 is 5.78 Å². The summed E-state index contributed by atoms with van der Waals surface area (Å²) in [6, 6.07) is 13.1. The number of hydrogen-bond acceptors (Lipinski definition) is 3. The van der Waals surface area contributed by atoms with Crippen LogP contribution in [0.4, 0.5) is 0 Å². The van der Waals surface area contributed by atoms with E-state index in [1.807, 2.05) is 43.3 Å².